The van der Waals surface area contributed by atoms with Gasteiger partial charge in [-0.05, 0) is 41.6 Å². The molecule has 0 aliphatic carbocycles. The van der Waals surface area contributed by atoms with Crippen LogP contribution in [0.15, 0.2) is 40.7 Å². The van der Waals surface area contributed by atoms with Gasteiger partial charge < -0.3 is 10.1 Å². The van der Waals surface area contributed by atoms with Gasteiger partial charge in [-0.3, -0.25) is 19.3 Å². The first-order valence-electron chi connectivity index (χ1n) is 8.37. The summed E-state index contributed by atoms with van der Waals surface area (Å²) in [5.41, 5.74) is 0.748. The van der Waals surface area contributed by atoms with E-state index in [9.17, 15) is 22.8 Å². The molecule has 3 amide bonds. The van der Waals surface area contributed by atoms with Crippen molar-refractivity contribution < 1.29 is 27.5 Å². The van der Waals surface area contributed by atoms with E-state index in [1.807, 2.05) is 0 Å². The number of benzene rings is 1. The first-order chi connectivity index (χ1) is 13.3. The fourth-order valence-electron chi connectivity index (χ4n) is 2.70. The largest absolute Gasteiger partial charge is 0.497 e. The zero-order valence-corrected chi connectivity index (χ0v) is 16.6. The average molecular weight is 422 g/mol. The molecule has 2 heterocycles. The zero-order valence-electron chi connectivity index (χ0n) is 15.0. The van der Waals surface area contributed by atoms with Crippen LogP contribution in [-0.4, -0.2) is 55.8 Å². The lowest BCUT2D eigenvalue weighted by Crippen LogP contribution is -2.38. The van der Waals surface area contributed by atoms with Gasteiger partial charge in [0.1, 0.15) is 5.75 Å². The Labute approximate surface area is 166 Å². The zero-order chi connectivity index (χ0) is 20.3. The second kappa shape index (κ2) is 8.19. The molecule has 148 valence electrons. The summed E-state index contributed by atoms with van der Waals surface area (Å²) in [5, 5.41) is 3.19. The highest BCUT2D eigenvalue weighted by Gasteiger charge is 2.35. The number of carbonyl (C=O) groups is 3. The van der Waals surface area contributed by atoms with E-state index in [-0.39, 0.29) is 23.6 Å². The van der Waals surface area contributed by atoms with Crippen molar-refractivity contribution in [1.82, 2.24) is 10.2 Å². The number of ether oxygens (including phenoxy) is 1. The Kier molecular flexibility index (Phi) is 5.90. The number of amides is 3. The van der Waals surface area contributed by atoms with Crippen molar-refractivity contribution in [2.24, 2.45) is 0 Å². The van der Waals surface area contributed by atoms with E-state index >= 15 is 0 Å². The fraction of sp³-hybridized carbons (Fsp3) is 0.278. The topological polar surface area (TPSA) is 110 Å². The first kappa shape index (κ1) is 20.2. The van der Waals surface area contributed by atoms with Crippen molar-refractivity contribution in [3.8, 4) is 5.75 Å². The molecule has 1 fully saturated rings. The lowest BCUT2D eigenvalue weighted by molar-refractivity contribution is -0.124. The van der Waals surface area contributed by atoms with Crippen LogP contribution in [0.2, 0.25) is 0 Å². The summed E-state index contributed by atoms with van der Waals surface area (Å²) in [6.07, 6.45) is 2.92. The van der Waals surface area contributed by atoms with Gasteiger partial charge in [-0.15, -0.1) is 0 Å². The SMILES string of the molecule is COc1ccc(/C=C2\SC(=O)N(CCC(=O)N[C@H]3C=CS(=O)(=O)C3)C2=O)cc1. The molecule has 0 aromatic heterocycles. The Hall–Kier alpha value is -2.59. The van der Waals surface area contributed by atoms with E-state index in [0.29, 0.717) is 5.75 Å². The van der Waals surface area contributed by atoms with Gasteiger partial charge in [-0.25, -0.2) is 8.42 Å². The Balaban J connectivity index is 1.57. The highest BCUT2D eigenvalue weighted by Crippen LogP contribution is 2.32. The Morgan fingerprint density at radius 2 is 2.04 bits per heavy atom. The van der Waals surface area contributed by atoms with Gasteiger partial charge in [0.05, 0.1) is 23.8 Å². The molecule has 3 rings (SSSR count). The number of imide groups is 1. The van der Waals surface area contributed by atoms with Crippen LogP contribution in [0.1, 0.15) is 12.0 Å². The summed E-state index contributed by atoms with van der Waals surface area (Å²) < 4.78 is 27.8. The molecule has 10 heteroatoms. The van der Waals surface area contributed by atoms with E-state index in [1.54, 1.807) is 37.5 Å². The molecule has 1 aromatic rings. The number of thioether (sulfide) groups is 1. The van der Waals surface area contributed by atoms with Crippen molar-refractivity contribution in [2.45, 2.75) is 12.5 Å². The number of carbonyl (C=O) groups excluding carboxylic acids is 3. The van der Waals surface area contributed by atoms with Gasteiger partial charge >= 0.3 is 0 Å². The predicted molar refractivity (Wildman–Crippen MR) is 105 cm³/mol. The number of hydrogen-bond donors (Lipinski definition) is 1. The highest BCUT2D eigenvalue weighted by atomic mass is 32.2. The lowest BCUT2D eigenvalue weighted by atomic mass is 10.2. The van der Waals surface area contributed by atoms with Crippen LogP contribution in [0.5, 0.6) is 5.75 Å². The highest BCUT2D eigenvalue weighted by molar-refractivity contribution is 8.18. The van der Waals surface area contributed by atoms with E-state index in [1.165, 1.54) is 6.08 Å². The third-order valence-corrected chi connectivity index (χ3v) is 6.43. The molecule has 0 saturated carbocycles. The van der Waals surface area contributed by atoms with Gasteiger partial charge in [0, 0.05) is 18.4 Å². The smallest absolute Gasteiger partial charge is 0.293 e. The summed E-state index contributed by atoms with van der Waals surface area (Å²) in [5.74, 6) is -0.377. The number of hydrogen-bond acceptors (Lipinski definition) is 7. The Bertz CT molecular complexity index is 966. The molecule has 2 aliphatic heterocycles. The number of nitrogens with one attached hydrogen (secondary N) is 1. The quantitative estimate of drug-likeness (QED) is 0.693. The van der Waals surface area contributed by atoms with E-state index in [4.69, 9.17) is 4.74 Å². The van der Waals surface area contributed by atoms with Crippen molar-refractivity contribution >= 4 is 44.7 Å². The monoisotopic (exact) mass is 422 g/mol. The van der Waals surface area contributed by atoms with Crippen LogP contribution < -0.4 is 10.1 Å². The molecule has 0 spiro atoms. The Morgan fingerprint density at radius 1 is 1.32 bits per heavy atom. The van der Waals surface area contributed by atoms with Crippen molar-refractivity contribution in [3.63, 3.8) is 0 Å². The van der Waals surface area contributed by atoms with Crippen molar-refractivity contribution in [3.05, 3.63) is 46.2 Å². The summed E-state index contributed by atoms with van der Waals surface area (Å²) in [6, 6.07) is 6.45. The second-order valence-electron chi connectivity index (χ2n) is 6.19. The standard InChI is InChI=1S/C18H18N2O6S2/c1-26-14-4-2-12(3-5-14)10-15-17(22)20(18(23)27-15)8-6-16(21)19-13-7-9-28(24,25)11-13/h2-5,7,9-10,13H,6,8,11H2,1H3,(H,19,21)/b15-10-/t13-/m0/s1. The average Bonchev–Trinajstić information content (AvgIpc) is 3.12. The lowest BCUT2D eigenvalue weighted by Gasteiger charge is -2.14. The van der Waals surface area contributed by atoms with Gasteiger partial charge in [0.15, 0.2) is 9.84 Å². The Morgan fingerprint density at radius 3 is 2.64 bits per heavy atom. The number of rotatable bonds is 6. The van der Waals surface area contributed by atoms with Crippen molar-refractivity contribution in [2.75, 3.05) is 19.4 Å². The molecule has 0 radical (unpaired) electrons. The summed E-state index contributed by atoms with van der Waals surface area (Å²) in [7, 11) is -1.71. The van der Waals surface area contributed by atoms with Crippen molar-refractivity contribution in [1.29, 1.82) is 0 Å². The summed E-state index contributed by atoms with van der Waals surface area (Å²) >= 11 is 0.816. The molecule has 1 saturated heterocycles. The van der Waals surface area contributed by atoms with Crippen LogP contribution in [0.25, 0.3) is 6.08 Å². The molecular weight excluding hydrogens is 404 g/mol. The van der Waals surface area contributed by atoms with Crippen LogP contribution in [-0.2, 0) is 19.4 Å². The van der Waals surface area contributed by atoms with E-state index < -0.39 is 32.9 Å². The summed E-state index contributed by atoms with van der Waals surface area (Å²) in [4.78, 5) is 37.9. The molecule has 0 unspecified atom stereocenters. The van der Waals surface area contributed by atoms with Gasteiger partial charge in [-0.2, -0.15) is 0 Å². The minimum atomic E-state index is -3.26. The second-order valence-corrected chi connectivity index (χ2v) is 9.11. The minimum Gasteiger partial charge on any atom is -0.497 e. The van der Waals surface area contributed by atoms with Crippen LogP contribution in [0.3, 0.4) is 0 Å². The molecule has 2 aliphatic rings. The van der Waals surface area contributed by atoms with Crippen LogP contribution >= 0.6 is 11.8 Å². The first-order valence-corrected chi connectivity index (χ1v) is 10.9. The molecule has 1 N–H and O–H groups in total. The maximum atomic E-state index is 12.5. The molecule has 0 bridgehead atoms. The van der Waals surface area contributed by atoms with Gasteiger partial charge in [0.25, 0.3) is 11.1 Å². The molecule has 1 aromatic carbocycles. The van der Waals surface area contributed by atoms with E-state index in [0.717, 1.165) is 27.6 Å². The molecule has 28 heavy (non-hydrogen) atoms. The van der Waals surface area contributed by atoms with E-state index in [2.05, 4.69) is 5.32 Å². The number of sulfone groups is 1. The number of methoxy groups -OCH3 is 1. The van der Waals surface area contributed by atoms with Gasteiger partial charge in [0.2, 0.25) is 5.91 Å². The third-order valence-electron chi connectivity index (χ3n) is 4.13. The molecular formula is C18H18N2O6S2. The summed E-state index contributed by atoms with van der Waals surface area (Å²) in [6.45, 7) is -0.0698. The third kappa shape index (κ3) is 4.82. The molecule has 1 atom stereocenters. The number of nitrogens with zero attached hydrogens (tertiary/aromatic N) is 1. The maximum absolute atomic E-state index is 12.5. The van der Waals surface area contributed by atoms with Crippen LogP contribution in [0.4, 0.5) is 4.79 Å². The van der Waals surface area contributed by atoms with Crippen LogP contribution in [0, 0.1) is 0 Å². The fourth-order valence-corrected chi connectivity index (χ4v) is 4.80. The maximum Gasteiger partial charge on any atom is 0.293 e. The van der Waals surface area contributed by atoms with Gasteiger partial charge in [-0.1, -0.05) is 12.1 Å². The predicted octanol–water partition coefficient (Wildman–Crippen LogP) is 1.55. The molecule has 8 nitrogen and oxygen atoms in total. The minimum absolute atomic E-state index is 0.0698. The normalized spacial score (nSPS) is 22.1.